The van der Waals surface area contributed by atoms with Crippen LogP contribution in [0.2, 0.25) is 0 Å². The third-order valence-electron chi connectivity index (χ3n) is 5.43. The molecule has 2 aromatic carbocycles. The van der Waals surface area contributed by atoms with Crippen LogP contribution in [-0.2, 0) is 13.1 Å². The summed E-state index contributed by atoms with van der Waals surface area (Å²) >= 11 is 0. The van der Waals surface area contributed by atoms with Gasteiger partial charge in [-0.05, 0) is 30.5 Å². The first-order chi connectivity index (χ1) is 13.7. The molecule has 1 saturated carbocycles. The third-order valence-corrected chi connectivity index (χ3v) is 5.43. The first-order valence-electron chi connectivity index (χ1n) is 9.87. The molecule has 0 saturated heterocycles. The van der Waals surface area contributed by atoms with Gasteiger partial charge in [-0.2, -0.15) is 5.10 Å². The fourth-order valence-corrected chi connectivity index (χ4v) is 3.97. The van der Waals surface area contributed by atoms with Crippen LogP contribution in [0.4, 0.5) is 0 Å². The maximum atomic E-state index is 11.0. The summed E-state index contributed by atoms with van der Waals surface area (Å²) in [6.07, 6.45) is 6.94. The van der Waals surface area contributed by atoms with Gasteiger partial charge < -0.3 is 10.4 Å². The fraction of sp³-hybridized carbons (Fsp3) is 0.304. The van der Waals surface area contributed by atoms with Crippen molar-refractivity contribution in [1.82, 2.24) is 15.1 Å². The van der Waals surface area contributed by atoms with E-state index in [2.05, 4.69) is 34.3 Å². The minimum absolute atomic E-state index is 0.313. The van der Waals surface area contributed by atoms with Crippen molar-refractivity contribution >= 4 is 5.97 Å². The molecule has 144 valence electrons. The van der Waals surface area contributed by atoms with E-state index in [0.29, 0.717) is 18.2 Å². The maximum Gasteiger partial charge on any atom is 0.335 e. The first-order valence-corrected chi connectivity index (χ1v) is 9.87. The predicted octanol–water partition coefficient (Wildman–Crippen LogP) is 4.65. The van der Waals surface area contributed by atoms with Gasteiger partial charge in [-0.1, -0.05) is 55.3 Å². The molecule has 0 amide bonds. The highest BCUT2D eigenvalue weighted by Gasteiger charge is 2.22. The smallest absolute Gasteiger partial charge is 0.335 e. The van der Waals surface area contributed by atoms with Crippen molar-refractivity contribution in [3.63, 3.8) is 0 Å². The molecule has 5 heteroatoms. The van der Waals surface area contributed by atoms with Gasteiger partial charge in [0.15, 0.2) is 0 Å². The molecule has 0 aliphatic heterocycles. The summed E-state index contributed by atoms with van der Waals surface area (Å²) in [5.74, 6) is -0.897. The second-order valence-corrected chi connectivity index (χ2v) is 7.37. The number of carboxylic acids is 1. The van der Waals surface area contributed by atoms with Crippen molar-refractivity contribution in [1.29, 1.82) is 0 Å². The fourth-order valence-electron chi connectivity index (χ4n) is 3.97. The molecule has 4 rings (SSSR count). The van der Waals surface area contributed by atoms with Gasteiger partial charge in [0.05, 0.1) is 23.5 Å². The molecule has 1 aliphatic rings. The van der Waals surface area contributed by atoms with Crippen LogP contribution in [0.3, 0.4) is 0 Å². The summed E-state index contributed by atoms with van der Waals surface area (Å²) in [5.41, 5.74) is 4.98. The lowest BCUT2D eigenvalue weighted by atomic mass is 10.1. The van der Waals surface area contributed by atoms with Gasteiger partial charge in [0.1, 0.15) is 0 Å². The second kappa shape index (κ2) is 8.40. The van der Waals surface area contributed by atoms with E-state index in [0.717, 1.165) is 12.1 Å². The molecule has 3 aromatic rings. The van der Waals surface area contributed by atoms with Crippen LogP contribution in [0.5, 0.6) is 0 Å². The van der Waals surface area contributed by atoms with Crippen LogP contribution in [0.1, 0.15) is 53.2 Å². The Morgan fingerprint density at radius 1 is 1.04 bits per heavy atom. The number of aromatic carboxylic acids is 1. The monoisotopic (exact) mass is 375 g/mol. The molecule has 1 aromatic heterocycles. The molecule has 1 aliphatic carbocycles. The lowest BCUT2D eigenvalue weighted by Gasteiger charge is -2.16. The lowest BCUT2D eigenvalue weighted by molar-refractivity contribution is 0.0697. The molecule has 28 heavy (non-hydrogen) atoms. The van der Waals surface area contributed by atoms with Gasteiger partial charge in [0, 0.05) is 24.2 Å². The molecule has 0 unspecified atom stereocenters. The maximum absolute atomic E-state index is 11.0. The number of rotatable bonds is 7. The molecule has 0 atom stereocenters. The van der Waals surface area contributed by atoms with Crippen LogP contribution in [-0.4, -0.2) is 20.9 Å². The minimum Gasteiger partial charge on any atom is -0.478 e. The Labute approximate surface area is 165 Å². The molecule has 0 bridgehead atoms. The minimum atomic E-state index is -0.897. The quantitative estimate of drug-likeness (QED) is 0.631. The SMILES string of the molecule is O=C(O)c1ccc(CNCc2cnn(C3CCCC3)c2-c2ccccc2)cc1. The topological polar surface area (TPSA) is 67.2 Å². The zero-order valence-electron chi connectivity index (χ0n) is 15.8. The summed E-state index contributed by atoms with van der Waals surface area (Å²) in [5, 5.41) is 17.2. The van der Waals surface area contributed by atoms with Gasteiger partial charge in [0.2, 0.25) is 0 Å². The number of nitrogens with one attached hydrogen (secondary N) is 1. The van der Waals surface area contributed by atoms with Crippen molar-refractivity contribution in [2.24, 2.45) is 0 Å². The van der Waals surface area contributed by atoms with E-state index < -0.39 is 5.97 Å². The van der Waals surface area contributed by atoms with E-state index in [-0.39, 0.29) is 0 Å². The Morgan fingerprint density at radius 3 is 2.43 bits per heavy atom. The molecule has 2 N–H and O–H groups in total. The van der Waals surface area contributed by atoms with Crippen molar-refractivity contribution < 1.29 is 9.90 Å². The number of aromatic nitrogens is 2. The highest BCUT2D eigenvalue weighted by Crippen LogP contribution is 2.34. The lowest BCUT2D eigenvalue weighted by Crippen LogP contribution is -2.14. The number of benzene rings is 2. The van der Waals surface area contributed by atoms with Gasteiger partial charge >= 0.3 is 5.97 Å². The Hall–Kier alpha value is -2.92. The standard InChI is InChI=1S/C23H25N3O2/c27-23(28)19-12-10-17(11-13-19)14-24-15-20-16-25-26(21-8-4-5-9-21)22(20)18-6-2-1-3-7-18/h1-3,6-7,10-13,16,21,24H,4-5,8-9,14-15H2,(H,27,28). The van der Waals surface area contributed by atoms with Crippen molar-refractivity contribution in [3.8, 4) is 11.3 Å². The van der Waals surface area contributed by atoms with Crippen molar-refractivity contribution in [2.45, 2.75) is 44.8 Å². The molecule has 1 fully saturated rings. The van der Waals surface area contributed by atoms with E-state index in [4.69, 9.17) is 10.2 Å². The average molecular weight is 375 g/mol. The zero-order valence-corrected chi connectivity index (χ0v) is 15.8. The van der Waals surface area contributed by atoms with Crippen molar-refractivity contribution in [2.75, 3.05) is 0 Å². The molecule has 0 radical (unpaired) electrons. The van der Waals surface area contributed by atoms with E-state index in [1.165, 1.54) is 42.5 Å². The Morgan fingerprint density at radius 2 is 1.75 bits per heavy atom. The van der Waals surface area contributed by atoms with Gasteiger partial charge in [-0.3, -0.25) is 4.68 Å². The van der Waals surface area contributed by atoms with Gasteiger partial charge in [-0.15, -0.1) is 0 Å². The Balaban J connectivity index is 1.50. The number of hydrogen-bond donors (Lipinski definition) is 2. The predicted molar refractivity (Wildman–Crippen MR) is 109 cm³/mol. The second-order valence-electron chi connectivity index (χ2n) is 7.37. The molecule has 5 nitrogen and oxygen atoms in total. The van der Waals surface area contributed by atoms with E-state index >= 15 is 0 Å². The molecule has 0 spiro atoms. The van der Waals surface area contributed by atoms with Gasteiger partial charge in [0.25, 0.3) is 0 Å². The highest BCUT2D eigenvalue weighted by atomic mass is 16.4. The summed E-state index contributed by atoms with van der Waals surface area (Å²) in [4.78, 5) is 11.0. The van der Waals surface area contributed by atoms with Crippen LogP contribution in [0.15, 0.2) is 60.8 Å². The molecular formula is C23H25N3O2. The van der Waals surface area contributed by atoms with Crippen molar-refractivity contribution in [3.05, 3.63) is 77.5 Å². The van der Waals surface area contributed by atoms with E-state index in [1.807, 2.05) is 24.4 Å². The summed E-state index contributed by atoms with van der Waals surface area (Å²) in [6.45, 7) is 1.40. The van der Waals surface area contributed by atoms with Crippen LogP contribution in [0, 0.1) is 0 Å². The van der Waals surface area contributed by atoms with Crippen LogP contribution >= 0.6 is 0 Å². The number of carboxylic acid groups (broad SMARTS) is 1. The highest BCUT2D eigenvalue weighted by molar-refractivity contribution is 5.87. The third kappa shape index (κ3) is 3.99. The van der Waals surface area contributed by atoms with Gasteiger partial charge in [-0.25, -0.2) is 4.79 Å². The van der Waals surface area contributed by atoms with Crippen LogP contribution in [0.25, 0.3) is 11.3 Å². The number of nitrogens with zero attached hydrogens (tertiary/aromatic N) is 2. The first kappa shape index (κ1) is 18.4. The normalized spacial score (nSPS) is 14.4. The summed E-state index contributed by atoms with van der Waals surface area (Å²) in [6, 6.07) is 18.0. The summed E-state index contributed by atoms with van der Waals surface area (Å²) < 4.78 is 2.22. The zero-order chi connectivity index (χ0) is 19.3. The molecular weight excluding hydrogens is 350 g/mol. The number of carbonyl (C=O) groups is 1. The largest absolute Gasteiger partial charge is 0.478 e. The Bertz CT molecular complexity index is 926. The van der Waals surface area contributed by atoms with E-state index in [9.17, 15) is 4.79 Å². The summed E-state index contributed by atoms with van der Waals surface area (Å²) in [7, 11) is 0. The number of hydrogen-bond acceptors (Lipinski definition) is 3. The average Bonchev–Trinajstić information content (AvgIpc) is 3.39. The molecule has 1 heterocycles. The van der Waals surface area contributed by atoms with Crippen LogP contribution < -0.4 is 5.32 Å². The van der Waals surface area contributed by atoms with E-state index in [1.54, 1.807) is 12.1 Å². The Kier molecular flexibility index (Phi) is 5.53.